The zero-order valence-electron chi connectivity index (χ0n) is 43.4. The SMILES string of the molecule is COc1ccc(NC(=O)c2ccc(C)c(-c3nc(NCCN(C)C)nc4c3CNC(=O)N4c3c(F)cccc3F)c2)cn1.Cc1ccc(C(=O)O)cc1-c1nc(NCCN(C)C)nc2c1CNC(=O)N2c1c(F)cccc1F. The summed E-state index contributed by atoms with van der Waals surface area (Å²) in [7, 11) is 9.12. The molecular formula is C54H54F4N14O6. The van der Waals surface area contributed by atoms with Gasteiger partial charge in [0.1, 0.15) is 34.6 Å². The smallest absolute Gasteiger partial charge is 0.335 e. The Balaban J connectivity index is 0.000000210. The standard InChI is InChI=1S/C30H30F2N8O3.C24H24F2N6O3/c1-17-8-9-18(28(41)36-19-10-11-24(43-4)34-15-19)14-20(17)25-21-16-35-30(42)40(26-22(31)6-5-7-23(26)32)27(21)38-29(37-25)33-12-13-39(2)3;1-13-7-8-14(22(33)34)11-15(13)19-16-12-28-24(35)32(20-17(25)5-4-6-18(20)26)21(16)30-23(29-19)27-9-10-31(2)3/h5-11,14-15H,12-13,16H2,1-4H3,(H,35,42)(H,36,41)(H,33,37,38);4-8,11H,9-10,12H2,1-3H3,(H,28,35)(H,33,34)(H,27,29,30). The number of carbonyl (C=O) groups excluding carboxylic acids is 3. The number of anilines is 7. The van der Waals surface area contributed by atoms with Crippen LogP contribution in [-0.2, 0) is 13.1 Å². The fourth-order valence-corrected chi connectivity index (χ4v) is 8.33. The summed E-state index contributed by atoms with van der Waals surface area (Å²) in [6.07, 6.45) is 1.48. The van der Waals surface area contributed by atoms with Crippen molar-refractivity contribution < 1.29 is 46.6 Å². The molecule has 0 radical (unpaired) electrons. The van der Waals surface area contributed by atoms with E-state index in [1.165, 1.54) is 37.6 Å². The first-order chi connectivity index (χ1) is 37.3. The lowest BCUT2D eigenvalue weighted by Gasteiger charge is -2.31. The molecule has 6 N–H and O–H groups in total. The van der Waals surface area contributed by atoms with Gasteiger partial charge in [0, 0.05) is 60.1 Å². The molecule has 24 heteroatoms. The molecule has 0 saturated carbocycles. The predicted octanol–water partition coefficient (Wildman–Crippen LogP) is 8.48. The number of urea groups is 2. The molecule has 0 spiro atoms. The molecule has 0 bridgehead atoms. The molecule has 5 heterocycles. The molecule has 0 atom stereocenters. The van der Waals surface area contributed by atoms with Crippen LogP contribution in [0.25, 0.3) is 22.5 Å². The van der Waals surface area contributed by atoms with Crippen molar-refractivity contribution in [2.45, 2.75) is 26.9 Å². The average molecular weight is 1070 g/mol. The second-order valence-electron chi connectivity index (χ2n) is 18.4. The second kappa shape index (κ2) is 23.7. The molecule has 404 valence electrons. The Morgan fingerprint density at radius 2 is 1.10 bits per heavy atom. The normalized spacial score (nSPS) is 12.7. The summed E-state index contributed by atoms with van der Waals surface area (Å²) in [5, 5.41) is 23.8. The lowest BCUT2D eigenvalue weighted by atomic mass is 9.97. The summed E-state index contributed by atoms with van der Waals surface area (Å²) >= 11 is 0. The Bertz CT molecular complexity index is 3400. The number of aromatic nitrogens is 5. The minimum absolute atomic E-state index is 0.00142. The summed E-state index contributed by atoms with van der Waals surface area (Å²) in [5.41, 5.74) is 3.93. The van der Waals surface area contributed by atoms with Crippen molar-refractivity contribution >= 4 is 64.5 Å². The minimum atomic E-state index is -1.11. The Morgan fingerprint density at radius 3 is 1.51 bits per heavy atom. The van der Waals surface area contributed by atoms with Crippen LogP contribution in [0.4, 0.5) is 67.7 Å². The monoisotopic (exact) mass is 1070 g/mol. The number of pyridine rings is 1. The topological polar surface area (TPSA) is 235 Å². The number of aromatic carboxylic acids is 1. The Labute approximate surface area is 445 Å². The second-order valence-corrected chi connectivity index (χ2v) is 18.4. The Kier molecular flexibility index (Phi) is 16.7. The van der Waals surface area contributed by atoms with E-state index in [0.717, 1.165) is 45.2 Å². The maximum Gasteiger partial charge on any atom is 0.335 e. The summed E-state index contributed by atoms with van der Waals surface area (Å²) in [6, 6.07) is 18.2. The molecule has 20 nitrogen and oxygen atoms in total. The molecule has 0 unspecified atom stereocenters. The third-order valence-corrected chi connectivity index (χ3v) is 12.3. The average Bonchev–Trinajstić information content (AvgIpc) is 3.48. The van der Waals surface area contributed by atoms with Crippen LogP contribution in [0.1, 0.15) is 43.0 Å². The van der Waals surface area contributed by atoms with Crippen LogP contribution >= 0.6 is 0 Å². The number of likely N-dealkylation sites (N-methyl/N-ethyl adjacent to an activating group) is 2. The molecule has 2 aliphatic rings. The number of carboxylic acid groups (broad SMARTS) is 1. The third-order valence-electron chi connectivity index (χ3n) is 12.3. The van der Waals surface area contributed by atoms with Crippen LogP contribution in [0.15, 0.2) is 91.1 Å². The Morgan fingerprint density at radius 1 is 0.654 bits per heavy atom. The van der Waals surface area contributed by atoms with Crippen LogP contribution in [0.5, 0.6) is 5.88 Å². The summed E-state index contributed by atoms with van der Waals surface area (Å²) in [4.78, 5) is 78.9. The van der Waals surface area contributed by atoms with Crippen LogP contribution in [0, 0.1) is 37.1 Å². The molecular weight excluding hydrogens is 1020 g/mol. The summed E-state index contributed by atoms with van der Waals surface area (Å²) in [5.74, 6) is -4.46. The molecule has 4 aromatic carbocycles. The lowest BCUT2D eigenvalue weighted by Crippen LogP contribution is -2.43. The number of ether oxygens (including phenoxy) is 1. The maximum atomic E-state index is 15.0. The van der Waals surface area contributed by atoms with Crippen molar-refractivity contribution in [2.24, 2.45) is 0 Å². The van der Waals surface area contributed by atoms with Gasteiger partial charge in [-0.3, -0.25) is 4.79 Å². The van der Waals surface area contributed by atoms with Crippen molar-refractivity contribution in [1.29, 1.82) is 0 Å². The number of hydrogen-bond donors (Lipinski definition) is 6. The highest BCUT2D eigenvalue weighted by molar-refractivity contribution is 6.06. The van der Waals surface area contributed by atoms with Gasteiger partial charge in [-0.2, -0.15) is 9.97 Å². The van der Waals surface area contributed by atoms with Gasteiger partial charge < -0.3 is 46.2 Å². The van der Waals surface area contributed by atoms with E-state index in [-0.39, 0.29) is 48.1 Å². The number of benzene rings is 4. The highest BCUT2D eigenvalue weighted by Gasteiger charge is 2.36. The molecule has 7 aromatic rings. The molecule has 2 aliphatic heterocycles. The van der Waals surface area contributed by atoms with Crippen LogP contribution in [-0.4, -0.2) is 125 Å². The fourth-order valence-electron chi connectivity index (χ4n) is 8.33. The number of carbonyl (C=O) groups is 4. The van der Waals surface area contributed by atoms with Gasteiger partial charge in [-0.1, -0.05) is 24.3 Å². The van der Waals surface area contributed by atoms with Crippen LogP contribution in [0.3, 0.4) is 0 Å². The first-order valence-electron chi connectivity index (χ1n) is 24.2. The number of hydrogen-bond acceptors (Lipinski definition) is 14. The molecule has 5 amide bonds. The van der Waals surface area contributed by atoms with Crippen molar-refractivity contribution in [2.75, 3.05) is 87.2 Å². The molecule has 0 aliphatic carbocycles. The number of methoxy groups -OCH3 is 1. The summed E-state index contributed by atoms with van der Waals surface area (Å²) in [6.45, 7) is 5.86. The van der Waals surface area contributed by atoms with Gasteiger partial charge in [0.15, 0.2) is 11.6 Å². The van der Waals surface area contributed by atoms with Crippen molar-refractivity contribution in [3.8, 4) is 28.4 Å². The Hall–Kier alpha value is -9.29. The number of para-hydroxylation sites is 2. The van der Waals surface area contributed by atoms with Gasteiger partial charge in [-0.05, 0) is 108 Å². The number of aryl methyl sites for hydroxylation is 2. The number of rotatable bonds is 16. The number of halogens is 4. The van der Waals surface area contributed by atoms with E-state index in [1.54, 1.807) is 43.3 Å². The van der Waals surface area contributed by atoms with E-state index in [4.69, 9.17) is 9.72 Å². The number of fused-ring (bicyclic) bond motifs is 2. The van der Waals surface area contributed by atoms with Crippen LogP contribution < -0.4 is 41.1 Å². The van der Waals surface area contributed by atoms with Crippen LogP contribution in [0.2, 0.25) is 0 Å². The van der Waals surface area contributed by atoms with Crippen molar-refractivity contribution in [3.05, 3.63) is 148 Å². The molecule has 0 saturated heterocycles. The van der Waals surface area contributed by atoms with E-state index < -0.39 is 52.7 Å². The largest absolute Gasteiger partial charge is 0.481 e. The lowest BCUT2D eigenvalue weighted by molar-refractivity contribution is 0.0696. The van der Waals surface area contributed by atoms with Crippen molar-refractivity contribution in [3.63, 3.8) is 0 Å². The highest BCUT2D eigenvalue weighted by atomic mass is 19.1. The van der Waals surface area contributed by atoms with E-state index in [2.05, 4.69) is 46.5 Å². The quantitative estimate of drug-likeness (QED) is 0.0498. The maximum absolute atomic E-state index is 15.0. The van der Waals surface area contributed by atoms with E-state index in [1.807, 2.05) is 44.9 Å². The van der Waals surface area contributed by atoms with E-state index in [0.29, 0.717) is 77.0 Å². The zero-order valence-corrected chi connectivity index (χ0v) is 43.4. The van der Waals surface area contributed by atoms with Gasteiger partial charge in [-0.25, -0.2) is 56.7 Å². The number of nitrogens with one attached hydrogen (secondary N) is 5. The van der Waals surface area contributed by atoms with Gasteiger partial charge in [-0.15, -0.1) is 0 Å². The van der Waals surface area contributed by atoms with Gasteiger partial charge in [0.25, 0.3) is 5.91 Å². The minimum Gasteiger partial charge on any atom is -0.481 e. The van der Waals surface area contributed by atoms with Gasteiger partial charge in [0.05, 0.1) is 49.0 Å². The fraction of sp³-hybridized carbons (Fsp3) is 0.241. The van der Waals surface area contributed by atoms with Gasteiger partial charge >= 0.3 is 18.0 Å². The first-order valence-corrected chi connectivity index (χ1v) is 24.2. The number of carboxylic acids is 1. The van der Waals surface area contributed by atoms with E-state index >= 15 is 0 Å². The van der Waals surface area contributed by atoms with E-state index in [9.17, 15) is 41.8 Å². The zero-order chi connectivity index (χ0) is 55.9. The third kappa shape index (κ3) is 12.0. The van der Waals surface area contributed by atoms with Crippen molar-refractivity contribution in [1.82, 2.24) is 45.4 Å². The molecule has 0 fully saturated rings. The highest BCUT2D eigenvalue weighted by Crippen LogP contribution is 2.41. The molecule has 3 aromatic heterocycles. The summed E-state index contributed by atoms with van der Waals surface area (Å²) < 4.78 is 64.5. The predicted molar refractivity (Wildman–Crippen MR) is 286 cm³/mol. The first kappa shape index (κ1) is 55.0. The molecule has 9 rings (SSSR count). The molecule has 78 heavy (non-hydrogen) atoms. The number of nitrogens with zero attached hydrogens (tertiary/aromatic N) is 9. The van der Waals surface area contributed by atoms with Gasteiger partial charge in [0.2, 0.25) is 17.8 Å². The number of amides is 5.